The Bertz CT molecular complexity index is 279. The van der Waals surface area contributed by atoms with E-state index >= 15 is 0 Å². The molecule has 5 nitrogen and oxygen atoms in total. The van der Waals surface area contributed by atoms with E-state index in [0.29, 0.717) is 0 Å². The Morgan fingerprint density at radius 2 is 2.50 bits per heavy atom. The molecule has 66 valence electrons. The quantitative estimate of drug-likeness (QED) is 0.582. The van der Waals surface area contributed by atoms with Gasteiger partial charge in [0.2, 0.25) is 0 Å². The third kappa shape index (κ3) is 2.06. The van der Waals surface area contributed by atoms with E-state index < -0.39 is 0 Å². The van der Waals surface area contributed by atoms with Gasteiger partial charge in [0.1, 0.15) is 0 Å². The molecule has 0 aliphatic heterocycles. The first-order valence-electron chi connectivity index (χ1n) is 3.67. The molecular formula is C7H12N4O. The molecule has 12 heavy (non-hydrogen) atoms. The van der Waals surface area contributed by atoms with E-state index in [0.717, 1.165) is 5.56 Å². The molecule has 0 spiro atoms. The van der Waals surface area contributed by atoms with Crippen LogP contribution in [0.5, 0.6) is 0 Å². The summed E-state index contributed by atoms with van der Waals surface area (Å²) in [6, 6.07) is -0.307. The van der Waals surface area contributed by atoms with Gasteiger partial charge in [-0.3, -0.25) is 0 Å². The van der Waals surface area contributed by atoms with Crippen LogP contribution in [0.3, 0.4) is 0 Å². The molecule has 0 saturated heterocycles. The number of rotatable bonds is 1. The Balaban J connectivity index is 2.65. The van der Waals surface area contributed by atoms with Gasteiger partial charge in [0.25, 0.3) is 0 Å². The van der Waals surface area contributed by atoms with Crippen molar-refractivity contribution in [3.05, 3.63) is 18.0 Å². The van der Waals surface area contributed by atoms with E-state index in [-0.39, 0.29) is 12.2 Å². The van der Waals surface area contributed by atoms with Crippen LogP contribution in [0, 0.1) is 6.92 Å². The molecule has 0 radical (unpaired) electrons. The third-order valence-corrected chi connectivity index (χ3v) is 1.27. The summed E-state index contributed by atoms with van der Waals surface area (Å²) in [6.07, 6.45) is 2.89. The standard InChI is InChI=1S/C7H12N4O/c1-5-3-9-11(4-5)7(12)10-6(2)8/h3-4,6H,8H2,1-2H3,(H,10,12). The topological polar surface area (TPSA) is 72.9 Å². The lowest BCUT2D eigenvalue weighted by Gasteiger charge is -2.06. The van der Waals surface area contributed by atoms with Crippen LogP contribution >= 0.6 is 0 Å². The van der Waals surface area contributed by atoms with Crippen LogP contribution in [0.25, 0.3) is 0 Å². The average molecular weight is 168 g/mol. The number of carbonyl (C=O) groups is 1. The first kappa shape index (κ1) is 8.73. The van der Waals surface area contributed by atoms with Gasteiger partial charge in [0, 0.05) is 6.20 Å². The summed E-state index contributed by atoms with van der Waals surface area (Å²) in [5, 5.41) is 6.33. The van der Waals surface area contributed by atoms with Crippen LogP contribution in [0.1, 0.15) is 12.5 Å². The molecule has 0 aromatic carbocycles. The molecule has 0 fully saturated rings. The van der Waals surface area contributed by atoms with E-state index in [2.05, 4.69) is 10.4 Å². The van der Waals surface area contributed by atoms with Crippen LogP contribution in [0.4, 0.5) is 4.79 Å². The second-order valence-electron chi connectivity index (χ2n) is 2.70. The summed E-state index contributed by atoms with van der Waals surface area (Å²) in [5.41, 5.74) is 6.30. The molecule has 1 aromatic rings. The van der Waals surface area contributed by atoms with Crippen molar-refractivity contribution in [1.82, 2.24) is 15.1 Å². The Kier molecular flexibility index (Phi) is 2.44. The lowest BCUT2D eigenvalue weighted by molar-refractivity contribution is 0.236. The number of nitrogens with one attached hydrogen (secondary N) is 1. The molecule has 1 unspecified atom stereocenters. The van der Waals surface area contributed by atoms with Gasteiger partial charge in [-0.25, -0.2) is 4.79 Å². The van der Waals surface area contributed by atoms with E-state index in [1.54, 1.807) is 19.3 Å². The fraction of sp³-hybridized carbons (Fsp3) is 0.429. The maximum atomic E-state index is 11.2. The first-order valence-corrected chi connectivity index (χ1v) is 3.67. The predicted octanol–water partition coefficient (Wildman–Crippen LogP) is 0.0539. The zero-order valence-corrected chi connectivity index (χ0v) is 7.11. The highest BCUT2D eigenvalue weighted by Gasteiger charge is 2.05. The molecule has 3 N–H and O–H groups in total. The van der Waals surface area contributed by atoms with Crippen LogP contribution in [0.2, 0.25) is 0 Å². The Morgan fingerprint density at radius 3 is 2.92 bits per heavy atom. The molecule has 5 heteroatoms. The fourth-order valence-electron chi connectivity index (χ4n) is 0.785. The van der Waals surface area contributed by atoms with Gasteiger partial charge >= 0.3 is 6.03 Å². The molecule has 1 atom stereocenters. The largest absolute Gasteiger partial charge is 0.343 e. The summed E-state index contributed by atoms with van der Waals surface area (Å²) in [4.78, 5) is 11.2. The summed E-state index contributed by atoms with van der Waals surface area (Å²) in [6.45, 7) is 3.55. The Morgan fingerprint density at radius 1 is 1.83 bits per heavy atom. The minimum Gasteiger partial charge on any atom is -0.321 e. The van der Waals surface area contributed by atoms with Gasteiger partial charge in [-0.2, -0.15) is 9.78 Å². The maximum Gasteiger partial charge on any atom is 0.343 e. The fourth-order valence-corrected chi connectivity index (χ4v) is 0.785. The number of nitrogens with zero attached hydrogens (tertiary/aromatic N) is 2. The summed E-state index contributed by atoms with van der Waals surface area (Å²) >= 11 is 0. The summed E-state index contributed by atoms with van der Waals surface area (Å²) in [5.74, 6) is 0. The van der Waals surface area contributed by atoms with Gasteiger partial charge in [-0.15, -0.1) is 0 Å². The second-order valence-corrected chi connectivity index (χ2v) is 2.70. The zero-order valence-electron chi connectivity index (χ0n) is 7.11. The van der Waals surface area contributed by atoms with Crippen LogP contribution in [-0.4, -0.2) is 22.0 Å². The predicted molar refractivity (Wildman–Crippen MR) is 44.5 cm³/mol. The van der Waals surface area contributed by atoms with Crippen molar-refractivity contribution in [2.45, 2.75) is 20.0 Å². The summed E-state index contributed by atoms with van der Waals surface area (Å²) < 4.78 is 1.22. The molecule has 1 heterocycles. The lowest BCUT2D eigenvalue weighted by Crippen LogP contribution is -2.41. The SMILES string of the molecule is Cc1cnn(C(=O)NC(C)N)c1. The number of hydrogen-bond acceptors (Lipinski definition) is 3. The van der Waals surface area contributed by atoms with Crippen molar-refractivity contribution in [3.63, 3.8) is 0 Å². The minimum absolute atomic E-state index is 0.307. The normalized spacial score (nSPS) is 12.6. The van der Waals surface area contributed by atoms with E-state index in [1.165, 1.54) is 4.68 Å². The highest BCUT2D eigenvalue weighted by Crippen LogP contribution is 1.92. The minimum atomic E-state index is -0.359. The number of amides is 1. The number of aryl methyl sites for hydroxylation is 1. The molecule has 1 aromatic heterocycles. The average Bonchev–Trinajstić information content (AvgIpc) is 2.34. The highest BCUT2D eigenvalue weighted by molar-refractivity contribution is 5.75. The van der Waals surface area contributed by atoms with Crippen molar-refractivity contribution >= 4 is 6.03 Å². The van der Waals surface area contributed by atoms with Gasteiger partial charge < -0.3 is 11.1 Å². The van der Waals surface area contributed by atoms with Crippen LogP contribution in [0.15, 0.2) is 12.4 Å². The monoisotopic (exact) mass is 168 g/mol. The smallest absolute Gasteiger partial charge is 0.321 e. The Hall–Kier alpha value is -1.36. The van der Waals surface area contributed by atoms with Crippen LogP contribution in [-0.2, 0) is 0 Å². The first-order chi connectivity index (χ1) is 5.59. The number of hydrogen-bond donors (Lipinski definition) is 2. The molecule has 0 aliphatic carbocycles. The highest BCUT2D eigenvalue weighted by atomic mass is 16.2. The van der Waals surface area contributed by atoms with E-state index in [1.807, 2.05) is 6.92 Å². The van der Waals surface area contributed by atoms with E-state index in [9.17, 15) is 4.79 Å². The maximum absolute atomic E-state index is 11.2. The van der Waals surface area contributed by atoms with Crippen molar-refractivity contribution in [2.24, 2.45) is 5.73 Å². The van der Waals surface area contributed by atoms with Crippen molar-refractivity contribution in [1.29, 1.82) is 0 Å². The molecule has 1 amide bonds. The van der Waals surface area contributed by atoms with Gasteiger partial charge in [-0.05, 0) is 19.4 Å². The number of carbonyl (C=O) groups excluding carboxylic acids is 1. The second kappa shape index (κ2) is 3.36. The molecule has 0 bridgehead atoms. The van der Waals surface area contributed by atoms with Gasteiger partial charge in [0.15, 0.2) is 0 Å². The molecule has 0 saturated carbocycles. The third-order valence-electron chi connectivity index (χ3n) is 1.27. The lowest BCUT2D eigenvalue weighted by atomic mass is 10.4. The van der Waals surface area contributed by atoms with Crippen molar-refractivity contribution in [3.8, 4) is 0 Å². The number of nitrogens with two attached hydrogens (primary N) is 1. The van der Waals surface area contributed by atoms with Gasteiger partial charge in [-0.1, -0.05) is 0 Å². The molecular weight excluding hydrogens is 156 g/mol. The van der Waals surface area contributed by atoms with E-state index in [4.69, 9.17) is 5.73 Å². The van der Waals surface area contributed by atoms with Gasteiger partial charge in [0.05, 0.1) is 12.4 Å². The van der Waals surface area contributed by atoms with Crippen molar-refractivity contribution < 1.29 is 4.79 Å². The molecule has 1 rings (SSSR count). The zero-order chi connectivity index (χ0) is 9.14. The number of aromatic nitrogens is 2. The molecule has 0 aliphatic rings. The Labute approximate surface area is 70.5 Å². The van der Waals surface area contributed by atoms with Crippen LogP contribution < -0.4 is 11.1 Å². The summed E-state index contributed by atoms with van der Waals surface area (Å²) in [7, 11) is 0. The van der Waals surface area contributed by atoms with Crippen molar-refractivity contribution in [2.75, 3.05) is 0 Å².